The number of hydrogen-bond donors (Lipinski definition) is 1. The number of anilines is 1. The van der Waals surface area contributed by atoms with E-state index in [1.54, 1.807) is 11.3 Å². The van der Waals surface area contributed by atoms with Crippen LogP contribution in [0.15, 0.2) is 11.6 Å². The molecule has 0 aromatic carbocycles. The van der Waals surface area contributed by atoms with E-state index in [4.69, 9.17) is 4.98 Å². The molecule has 1 N–H and O–H groups in total. The molecule has 3 rings (SSSR count). The third kappa shape index (κ3) is 2.62. The summed E-state index contributed by atoms with van der Waals surface area (Å²) in [6, 6.07) is 0. The number of nitrogens with zero attached hydrogens (tertiary/aromatic N) is 3. The number of nitrogens with one attached hydrogen (secondary N) is 1. The van der Waals surface area contributed by atoms with E-state index in [1.165, 1.54) is 24.4 Å². The Hall–Kier alpha value is -1.07. The Balaban J connectivity index is 1.85. The van der Waals surface area contributed by atoms with Gasteiger partial charge in [-0.05, 0) is 25.3 Å². The molecule has 3 heterocycles. The molecule has 19 heavy (non-hydrogen) atoms. The SMILES string of the molecule is CC(C)CNCc1c(N2CCCC2)nc2sccn12. The first-order chi connectivity index (χ1) is 9.25. The van der Waals surface area contributed by atoms with Crippen LogP contribution >= 0.6 is 11.3 Å². The monoisotopic (exact) mass is 278 g/mol. The van der Waals surface area contributed by atoms with Crippen molar-refractivity contribution in [2.45, 2.75) is 33.2 Å². The van der Waals surface area contributed by atoms with Gasteiger partial charge >= 0.3 is 0 Å². The Bertz CT molecular complexity index is 537. The van der Waals surface area contributed by atoms with Gasteiger partial charge in [-0.25, -0.2) is 4.98 Å². The van der Waals surface area contributed by atoms with Gasteiger partial charge < -0.3 is 10.2 Å². The number of aromatic nitrogens is 2. The largest absolute Gasteiger partial charge is 0.355 e. The zero-order chi connectivity index (χ0) is 13.2. The van der Waals surface area contributed by atoms with Gasteiger partial charge in [0.05, 0.1) is 5.69 Å². The predicted octanol–water partition coefficient (Wildman–Crippen LogP) is 2.74. The van der Waals surface area contributed by atoms with E-state index >= 15 is 0 Å². The molecule has 104 valence electrons. The van der Waals surface area contributed by atoms with Crippen molar-refractivity contribution in [3.8, 4) is 0 Å². The fourth-order valence-electron chi connectivity index (χ4n) is 2.65. The summed E-state index contributed by atoms with van der Waals surface area (Å²) in [4.78, 5) is 8.37. The fourth-order valence-corrected chi connectivity index (χ4v) is 3.37. The molecule has 0 atom stereocenters. The molecule has 5 heteroatoms. The molecule has 0 amide bonds. The molecule has 0 saturated carbocycles. The zero-order valence-electron chi connectivity index (χ0n) is 11.7. The van der Waals surface area contributed by atoms with Crippen molar-refractivity contribution < 1.29 is 0 Å². The Labute approximate surface area is 118 Å². The van der Waals surface area contributed by atoms with Gasteiger partial charge in [0.1, 0.15) is 0 Å². The molecule has 0 spiro atoms. The normalized spacial score (nSPS) is 16.1. The quantitative estimate of drug-likeness (QED) is 0.913. The van der Waals surface area contributed by atoms with Crippen LogP contribution in [0.25, 0.3) is 4.96 Å². The van der Waals surface area contributed by atoms with Crippen LogP contribution in [0.4, 0.5) is 5.82 Å². The summed E-state index contributed by atoms with van der Waals surface area (Å²) in [5.74, 6) is 1.88. The van der Waals surface area contributed by atoms with Crippen LogP contribution in [0.2, 0.25) is 0 Å². The van der Waals surface area contributed by atoms with Gasteiger partial charge in [0.15, 0.2) is 10.8 Å². The summed E-state index contributed by atoms with van der Waals surface area (Å²) in [5.41, 5.74) is 1.32. The molecule has 1 fully saturated rings. The Kier molecular flexibility index (Phi) is 3.75. The van der Waals surface area contributed by atoms with E-state index in [-0.39, 0.29) is 0 Å². The topological polar surface area (TPSA) is 32.6 Å². The molecule has 1 saturated heterocycles. The summed E-state index contributed by atoms with van der Waals surface area (Å²) >= 11 is 1.72. The zero-order valence-corrected chi connectivity index (χ0v) is 12.5. The molecule has 1 aliphatic rings. The molecule has 2 aromatic rings. The maximum absolute atomic E-state index is 4.82. The molecule has 0 bridgehead atoms. The lowest BCUT2D eigenvalue weighted by Crippen LogP contribution is -2.24. The van der Waals surface area contributed by atoms with Crippen LogP contribution in [0.3, 0.4) is 0 Å². The van der Waals surface area contributed by atoms with Crippen LogP contribution < -0.4 is 10.2 Å². The lowest BCUT2D eigenvalue weighted by atomic mass is 10.2. The second kappa shape index (κ2) is 5.51. The van der Waals surface area contributed by atoms with Gasteiger partial charge in [-0.3, -0.25) is 4.40 Å². The molecule has 0 radical (unpaired) electrons. The maximum Gasteiger partial charge on any atom is 0.195 e. The average Bonchev–Trinajstić information content (AvgIpc) is 3.03. The van der Waals surface area contributed by atoms with Gasteiger partial charge in [0.25, 0.3) is 0 Å². The number of hydrogen-bond acceptors (Lipinski definition) is 4. The van der Waals surface area contributed by atoms with Crippen LogP contribution in [0.5, 0.6) is 0 Å². The van der Waals surface area contributed by atoms with Crippen molar-refractivity contribution in [2.24, 2.45) is 5.92 Å². The van der Waals surface area contributed by atoms with E-state index in [0.29, 0.717) is 5.92 Å². The second-order valence-electron chi connectivity index (χ2n) is 5.66. The standard InChI is InChI=1S/C14H22N4S/c1-11(2)9-15-10-12-13(17-5-3-4-6-17)16-14-18(12)7-8-19-14/h7-8,11,15H,3-6,9-10H2,1-2H3. The summed E-state index contributed by atoms with van der Waals surface area (Å²) in [5, 5.41) is 5.66. The van der Waals surface area contributed by atoms with Crippen molar-refractivity contribution in [3.63, 3.8) is 0 Å². The highest BCUT2D eigenvalue weighted by molar-refractivity contribution is 7.15. The predicted molar refractivity (Wildman–Crippen MR) is 81.1 cm³/mol. The van der Waals surface area contributed by atoms with E-state index in [0.717, 1.165) is 31.1 Å². The Morgan fingerprint density at radius 1 is 1.37 bits per heavy atom. The van der Waals surface area contributed by atoms with Crippen molar-refractivity contribution in [1.82, 2.24) is 14.7 Å². The average molecular weight is 278 g/mol. The van der Waals surface area contributed by atoms with Gasteiger partial charge in [-0.15, -0.1) is 11.3 Å². The summed E-state index contributed by atoms with van der Waals surface area (Å²) in [6.07, 6.45) is 4.73. The summed E-state index contributed by atoms with van der Waals surface area (Å²) in [7, 11) is 0. The first kappa shape index (κ1) is 12.9. The molecular weight excluding hydrogens is 256 g/mol. The lowest BCUT2D eigenvalue weighted by molar-refractivity contribution is 0.547. The smallest absolute Gasteiger partial charge is 0.195 e. The van der Waals surface area contributed by atoms with Gasteiger partial charge in [0.2, 0.25) is 0 Å². The number of thiazole rings is 1. The number of fused-ring (bicyclic) bond motifs is 1. The molecule has 0 unspecified atom stereocenters. The third-order valence-electron chi connectivity index (χ3n) is 3.59. The summed E-state index contributed by atoms with van der Waals surface area (Å²) < 4.78 is 2.24. The van der Waals surface area contributed by atoms with Crippen LogP contribution in [0, 0.1) is 5.92 Å². The molecule has 2 aromatic heterocycles. The number of rotatable bonds is 5. The minimum absolute atomic E-state index is 0.682. The van der Waals surface area contributed by atoms with Crippen LogP contribution in [-0.2, 0) is 6.54 Å². The Morgan fingerprint density at radius 2 is 2.16 bits per heavy atom. The molecular formula is C14H22N4S. The minimum atomic E-state index is 0.682. The van der Waals surface area contributed by atoms with Crippen molar-refractivity contribution in [3.05, 3.63) is 17.3 Å². The Morgan fingerprint density at radius 3 is 2.89 bits per heavy atom. The molecule has 1 aliphatic heterocycles. The summed E-state index contributed by atoms with van der Waals surface area (Å²) in [6.45, 7) is 8.75. The first-order valence-electron chi connectivity index (χ1n) is 7.16. The molecule has 4 nitrogen and oxygen atoms in total. The second-order valence-corrected chi connectivity index (χ2v) is 6.53. The van der Waals surface area contributed by atoms with Gasteiger partial charge in [-0.2, -0.15) is 0 Å². The van der Waals surface area contributed by atoms with Crippen molar-refractivity contribution in [1.29, 1.82) is 0 Å². The molecule has 0 aliphatic carbocycles. The van der Waals surface area contributed by atoms with Crippen molar-refractivity contribution in [2.75, 3.05) is 24.5 Å². The van der Waals surface area contributed by atoms with E-state index in [1.807, 2.05) is 0 Å². The highest BCUT2D eigenvalue weighted by atomic mass is 32.1. The van der Waals surface area contributed by atoms with Crippen LogP contribution in [0.1, 0.15) is 32.4 Å². The first-order valence-corrected chi connectivity index (χ1v) is 8.04. The minimum Gasteiger partial charge on any atom is -0.355 e. The van der Waals surface area contributed by atoms with Crippen LogP contribution in [-0.4, -0.2) is 29.0 Å². The maximum atomic E-state index is 4.82. The highest BCUT2D eigenvalue weighted by Gasteiger charge is 2.21. The van der Waals surface area contributed by atoms with Crippen molar-refractivity contribution >= 4 is 22.1 Å². The third-order valence-corrected chi connectivity index (χ3v) is 4.35. The number of imidazole rings is 1. The van der Waals surface area contributed by atoms with Gasteiger partial charge in [0, 0.05) is 31.2 Å². The fraction of sp³-hybridized carbons (Fsp3) is 0.643. The van der Waals surface area contributed by atoms with E-state index in [2.05, 4.69) is 40.0 Å². The van der Waals surface area contributed by atoms with E-state index in [9.17, 15) is 0 Å². The van der Waals surface area contributed by atoms with E-state index < -0.39 is 0 Å². The van der Waals surface area contributed by atoms with Gasteiger partial charge in [-0.1, -0.05) is 13.8 Å². The highest BCUT2D eigenvalue weighted by Crippen LogP contribution is 2.27. The lowest BCUT2D eigenvalue weighted by Gasteiger charge is -2.17.